The molecule has 2 N–H and O–H groups in total. The number of halogens is 1. The minimum atomic E-state index is -1.34. The van der Waals surface area contributed by atoms with Crippen molar-refractivity contribution >= 4 is 23.6 Å². The number of aliphatic carboxylic acids is 1. The highest BCUT2D eigenvalue weighted by molar-refractivity contribution is 7.99. The van der Waals surface area contributed by atoms with Crippen molar-refractivity contribution < 1.29 is 23.8 Å². The minimum Gasteiger partial charge on any atom is -0.496 e. The number of thioether (sulfide) groups is 1. The number of ether oxygens (including phenoxy) is 1. The molecule has 1 atom stereocenters. The maximum atomic E-state index is 13.8. The molecule has 1 aromatic rings. The van der Waals surface area contributed by atoms with Gasteiger partial charge < -0.3 is 15.2 Å². The van der Waals surface area contributed by atoms with Crippen molar-refractivity contribution in [2.24, 2.45) is 0 Å². The zero-order valence-corrected chi connectivity index (χ0v) is 11.6. The van der Waals surface area contributed by atoms with Crippen LogP contribution in [0.15, 0.2) is 18.2 Å². The van der Waals surface area contributed by atoms with E-state index in [4.69, 9.17) is 4.74 Å². The number of amides is 1. The van der Waals surface area contributed by atoms with Crippen molar-refractivity contribution in [3.63, 3.8) is 0 Å². The molecule has 1 saturated heterocycles. The molecule has 7 heteroatoms. The third-order valence-electron chi connectivity index (χ3n) is 3.21. The molecule has 0 radical (unpaired) electrons. The van der Waals surface area contributed by atoms with E-state index in [0.29, 0.717) is 12.2 Å². The Morgan fingerprint density at radius 1 is 1.50 bits per heavy atom. The highest BCUT2D eigenvalue weighted by Crippen LogP contribution is 2.30. The Hall–Kier alpha value is -1.76. The van der Waals surface area contributed by atoms with E-state index in [2.05, 4.69) is 5.32 Å². The fourth-order valence-electron chi connectivity index (χ4n) is 2.06. The molecule has 0 saturated carbocycles. The van der Waals surface area contributed by atoms with E-state index >= 15 is 0 Å². The number of hydrogen-bond acceptors (Lipinski definition) is 4. The first kappa shape index (κ1) is 14.6. The highest BCUT2D eigenvalue weighted by Gasteiger charge is 2.44. The summed E-state index contributed by atoms with van der Waals surface area (Å²) >= 11 is 1.44. The summed E-state index contributed by atoms with van der Waals surface area (Å²) in [6.45, 7) is 0. The quantitative estimate of drug-likeness (QED) is 0.881. The van der Waals surface area contributed by atoms with Gasteiger partial charge in [0.25, 0.3) is 5.91 Å². The van der Waals surface area contributed by atoms with E-state index in [1.165, 1.54) is 31.0 Å². The normalized spacial score (nSPS) is 21.5. The van der Waals surface area contributed by atoms with Gasteiger partial charge in [0.15, 0.2) is 0 Å². The highest BCUT2D eigenvalue weighted by atomic mass is 32.2. The van der Waals surface area contributed by atoms with Crippen molar-refractivity contribution in [2.45, 2.75) is 12.0 Å². The van der Waals surface area contributed by atoms with Crippen molar-refractivity contribution in [1.29, 1.82) is 0 Å². The third kappa shape index (κ3) is 2.58. The third-order valence-corrected chi connectivity index (χ3v) is 4.40. The van der Waals surface area contributed by atoms with Gasteiger partial charge in [0.1, 0.15) is 22.7 Å². The first-order valence-electron chi connectivity index (χ1n) is 5.96. The zero-order chi connectivity index (χ0) is 14.8. The number of rotatable bonds is 4. The zero-order valence-electron chi connectivity index (χ0n) is 10.8. The monoisotopic (exact) mass is 299 g/mol. The maximum absolute atomic E-state index is 13.8. The van der Waals surface area contributed by atoms with Gasteiger partial charge in [-0.15, -0.1) is 0 Å². The Balaban J connectivity index is 2.30. The van der Waals surface area contributed by atoms with Gasteiger partial charge in [-0.05, 0) is 24.3 Å². The summed E-state index contributed by atoms with van der Waals surface area (Å²) in [6, 6.07) is 4.01. The lowest BCUT2D eigenvalue weighted by Crippen LogP contribution is -2.54. The molecule has 0 bridgehead atoms. The Morgan fingerprint density at radius 2 is 2.25 bits per heavy atom. The average molecular weight is 299 g/mol. The van der Waals surface area contributed by atoms with Crippen LogP contribution in [0.5, 0.6) is 5.75 Å². The van der Waals surface area contributed by atoms with Crippen LogP contribution in [-0.4, -0.2) is 41.1 Å². The van der Waals surface area contributed by atoms with E-state index in [0.717, 1.165) is 6.07 Å². The van der Waals surface area contributed by atoms with Crippen molar-refractivity contribution in [1.82, 2.24) is 5.32 Å². The molecule has 1 aromatic carbocycles. The smallest absolute Gasteiger partial charge is 0.330 e. The number of carbonyl (C=O) groups is 2. The van der Waals surface area contributed by atoms with Gasteiger partial charge in [-0.1, -0.05) is 6.07 Å². The standard InChI is InChI=1S/C13H14FNO4S/c1-19-9-4-2-3-8(14)10(9)11(16)15-13(12(17)18)5-6-20-7-13/h2-4H,5-7H2,1H3,(H,15,16)(H,17,18). The van der Waals surface area contributed by atoms with Crippen LogP contribution >= 0.6 is 11.8 Å². The molecule has 0 spiro atoms. The molecule has 1 unspecified atom stereocenters. The SMILES string of the molecule is COc1cccc(F)c1C(=O)NC1(C(=O)O)CCSC1. The van der Waals surface area contributed by atoms with E-state index in [9.17, 15) is 19.1 Å². The average Bonchev–Trinajstić information content (AvgIpc) is 2.88. The molecule has 5 nitrogen and oxygen atoms in total. The number of methoxy groups -OCH3 is 1. The van der Waals surface area contributed by atoms with Crippen LogP contribution in [0.1, 0.15) is 16.8 Å². The number of carboxylic acid groups (broad SMARTS) is 1. The fraction of sp³-hybridized carbons (Fsp3) is 0.385. The van der Waals surface area contributed by atoms with Crippen LogP contribution in [-0.2, 0) is 4.79 Å². The van der Waals surface area contributed by atoms with E-state index in [1.54, 1.807) is 0 Å². The molecule has 2 rings (SSSR count). The Labute approximate surface area is 119 Å². The molecule has 1 amide bonds. The second kappa shape index (κ2) is 5.70. The molecule has 20 heavy (non-hydrogen) atoms. The predicted octanol–water partition coefficient (Wildman–Crippen LogP) is 1.52. The number of nitrogens with one attached hydrogen (secondary N) is 1. The van der Waals surface area contributed by atoms with Crippen molar-refractivity contribution in [3.8, 4) is 5.75 Å². The summed E-state index contributed by atoms with van der Waals surface area (Å²) < 4.78 is 18.7. The Morgan fingerprint density at radius 3 is 2.80 bits per heavy atom. The van der Waals surface area contributed by atoms with Gasteiger partial charge in [0.05, 0.1) is 7.11 Å². The van der Waals surface area contributed by atoms with E-state index in [1.807, 2.05) is 0 Å². The molecule has 1 heterocycles. The number of carbonyl (C=O) groups excluding carboxylic acids is 1. The van der Waals surface area contributed by atoms with Gasteiger partial charge in [-0.2, -0.15) is 11.8 Å². The molecule has 1 fully saturated rings. The molecule has 0 aliphatic carbocycles. The topological polar surface area (TPSA) is 75.6 Å². The summed E-state index contributed by atoms with van der Waals surface area (Å²) in [6.07, 6.45) is 0.315. The summed E-state index contributed by atoms with van der Waals surface area (Å²) in [4.78, 5) is 23.6. The van der Waals surface area contributed by atoms with Crippen molar-refractivity contribution in [2.75, 3.05) is 18.6 Å². The lowest BCUT2D eigenvalue weighted by molar-refractivity contribution is -0.143. The van der Waals surface area contributed by atoms with Crippen LogP contribution in [0.25, 0.3) is 0 Å². The molecule has 1 aliphatic rings. The molecule has 108 valence electrons. The summed E-state index contributed by atoms with van der Waals surface area (Å²) in [5.74, 6) is -1.64. The lowest BCUT2D eigenvalue weighted by atomic mass is 9.98. The summed E-state index contributed by atoms with van der Waals surface area (Å²) in [7, 11) is 1.32. The van der Waals surface area contributed by atoms with Gasteiger partial charge in [0, 0.05) is 5.75 Å². The van der Waals surface area contributed by atoms with Gasteiger partial charge >= 0.3 is 5.97 Å². The van der Waals surface area contributed by atoms with E-state index < -0.39 is 23.2 Å². The van der Waals surface area contributed by atoms with E-state index in [-0.39, 0.29) is 17.1 Å². The van der Waals surface area contributed by atoms with Gasteiger partial charge in [0.2, 0.25) is 0 Å². The first-order chi connectivity index (χ1) is 9.50. The second-order valence-corrected chi connectivity index (χ2v) is 5.57. The van der Waals surface area contributed by atoms with Crippen LogP contribution in [0.4, 0.5) is 4.39 Å². The Bertz CT molecular complexity index is 543. The number of carboxylic acids is 1. The summed E-state index contributed by atoms with van der Waals surface area (Å²) in [5, 5.41) is 11.7. The van der Waals surface area contributed by atoms with Crippen molar-refractivity contribution in [3.05, 3.63) is 29.6 Å². The van der Waals surface area contributed by atoms with Crippen LogP contribution < -0.4 is 10.1 Å². The maximum Gasteiger partial charge on any atom is 0.330 e. The van der Waals surface area contributed by atoms with Crippen LogP contribution in [0, 0.1) is 5.82 Å². The van der Waals surface area contributed by atoms with Gasteiger partial charge in [-0.3, -0.25) is 4.79 Å². The second-order valence-electron chi connectivity index (χ2n) is 4.46. The predicted molar refractivity (Wildman–Crippen MR) is 72.7 cm³/mol. The Kier molecular flexibility index (Phi) is 4.17. The number of benzene rings is 1. The van der Waals surface area contributed by atoms with Crippen LogP contribution in [0.3, 0.4) is 0 Å². The number of hydrogen-bond donors (Lipinski definition) is 2. The molecular formula is C13H14FNO4S. The molecule has 1 aliphatic heterocycles. The van der Waals surface area contributed by atoms with Gasteiger partial charge in [-0.25, -0.2) is 9.18 Å². The summed E-state index contributed by atoms with van der Waals surface area (Å²) in [5.41, 5.74) is -1.61. The van der Waals surface area contributed by atoms with Crippen LogP contribution in [0.2, 0.25) is 0 Å². The molecule has 0 aromatic heterocycles. The largest absolute Gasteiger partial charge is 0.496 e. The fourth-order valence-corrected chi connectivity index (χ4v) is 3.39. The minimum absolute atomic E-state index is 0.0775. The first-order valence-corrected chi connectivity index (χ1v) is 7.12. The molecular weight excluding hydrogens is 285 g/mol. The lowest BCUT2D eigenvalue weighted by Gasteiger charge is -2.25.